The van der Waals surface area contributed by atoms with Crippen LogP contribution in [0.1, 0.15) is 59.4 Å². The molecular weight excluding hydrogens is 586 g/mol. The Morgan fingerprint density at radius 2 is 1.94 bits per heavy atom. The van der Waals surface area contributed by atoms with Gasteiger partial charge in [-0.05, 0) is 60.5 Å². The molecule has 1 atom stereocenters. The number of hydrogen-bond donors (Lipinski definition) is 0. The van der Waals surface area contributed by atoms with Gasteiger partial charge in [0.25, 0.3) is 5.56 Å². The van der Waals surface area contributed by atoms with Crippen molar-refractivity contribution in [2.75, 3.05) is 6.61 Å². The Morgan fingerprint density at radius 1 is 1.24 bits per heavy atom. The van der Waals surface area contributed by atoms with Crippen LogP contribution < -0.4 is 15.0 Å². The highest BCUT2D eigenvalue weighted by Gasteiger charge is 2.23. The lowest BCUT2D eigenvalue weighted by atomic mass is 9.95. The quantitative estimate of drug-likeness (QED) is 0.262. The fourth-order valence-electron chi connectivity index (χ4n) is 3.22. The SMILES string of the molecule is CCOc1cc(C=Nn2c(C(C)(C)C)nc3ccc(Br)cc3c2=O)c(Br)c(Cl)c1O[C@H](C)CC. The predicted octanol–water partition coefficient (Wildman–Crippen LogP) is 7.33. The van der Waals surface area contributed by atoms with Gasteiger partial charge in [0.1, 0.15) is 10.8 Å². The van der Waals surface area contributed by atoms with Gasteiger partial charge in [0, 0.05) is 19.9 Å². The molecule has 0 aliphatic rings. The second-order valence-corrected chi connectivity index (χ2v) is 11.0. The summed E-state index contributed by atoms with van der Waals surface area (Å²) in [5.41, 5.74) is 0.596. The summed E-state index contributed by atoms with van der Waals surface area (Å²) in [5.74, 6) is 1.54. The van der Waals surface area contributed by atoms with Crippen molar-refractivity contribution in [3.05, 3.63) is 60.0 Å². The minimum Gasteiger partial charge on any atom is -0.490 e. The van der Waals surface area contributed by atoms with Crippen LogP contribution >= 0.6 is 43.5 Å². The highest BCUT2D eigenvalue weighted by molar-refractivity contribution is 9.10. The lowest BCUT2D eigenvalue weighted by molar-refractivity contribution is 0.203. The van der Waals surface area contributed by atoms with E-state index in [-0.39, 0.29) is 11.7 Å². The zero-order valence-corrected chi connectivity index (χ0v) is 24.0. The number of fused-ring (bicyclic) bond motifs is 1. The van der Waals surface area contributed by atoms with Crippen molar-refractivity contribution >= 4 is 60.6 Å². The van der Waals surface area contributed by atoms with Gasteiger partial charge < -0.3 is 9.47 Å². The maximum atomic E-state index is 13.4. The number of aromatic nitrogens is 2. The van der Waals surface area contributed by atoms with Crippen LogP contribution in [0, 0.1) is 0 Å². The minimum atomic E-state index is -0.420. The third kappa shape index (κ3) is 5.66. The average molecular weight is 614 g/mol. The van der Waals surface area contributed by atoms with Gasteiger partial charge in [-0.2, -0.15) is 9.78 Å². The molecule has 1 aromatic heterocycles. The molecule has 1 heterocycles. The van der Waals surface area contributed by atoms with Gasteiger partial charge in [-0.3, -0.25) is 4.79 Å². The fourth-order valence-corrected chi connectivity index (χ4v) is 4.22. The topological polar surface area (TPSA) is 65.7 Å². The first kappa shape index (κ1) is 26.7. The van der Waals surface area contributed by atoms with Gasteiger partial charge in [0.2, 0.25) is 0 Å². The van der Waals surface area contributed by atoms with E-state index >= 15 is 0 Å². The van der Waals surface area contributed by atoms with Crippen molar-refractivity contribution in [2.24, 2.45) is 5.10 Å². The van der Waals surface area contributed by atoms with Crippen LogP contribution in [0.2, 0.25) is 5.02 Å². The summed E-state index contributed by atoms with van der Waals surface area (Å²) >= 11 is 13.6. The van der Waals surface area contributed by atoms with Gasteiger partial charge in [-0.1, -0.05) is 55.2 Å². The Labute approximate surface area is 221 Å². The van der Waals surface area contributed by atoms with Gasteiger partial charge in [0.15, 0.2) is 11.5 Å². The number of nitrogens with zero attached hydrogens (tertiary/aromatic N) is 3. The molecule has 0 fully saturated rings. The number of halogens is 3. The molecule has 6 nitrogen and oxygen atoms in total. The summed E-state index contributed by atoms with van der Waals surface area (Å²) in [6.45, 7) is 12.3. The van der Waals surface area contributed by atoms with Crippen molar-refractivity contribution in [1.82, 2.24) is 9.66 Å². The highest BCUT2D eigenvalue weighted by Crippen LogP contribution is 2.43. The molecule has 0 spiro atoms. The zero-order chi connectivity index (χ0) is 25.2. The van der Waals surface area contributed by atoms with E-state index in [9.17, 15) is 4.79 Å². The molecule has 182 valence electrons. The molecule has 0 saturated carbocycles. The molecule has 9 heteroatoms. The largest absolute Gasteiger partial charge is 0.490 e. The summed E-state index contributed by atoms with van der Waals surface area (Å²) in [6, 6.07) is 7.24. The summed E-state index contributed by atoms with van der Waals surface area (Å²) in [7, 11) is 0. The smallest absolute Gasteiger partial charge is 0.282 e. The standard InChI is InChI=1S/C25H28Br2ClN3O3/c1-7-14(3)34-22-19(33-8-2)11-15(20(27)21(22)28)13-29-31-23(32)17-12-16(26)9-10-18(17)30-24(31)25(4,5)6/h9-14H,7-8H2,1-6H3/t14-/m1/s1. The molecule has 3 aromatic rings. The number of benzene rings is 2. The molecule has 0 aliphatic carbocycles. The van der Waals surface area contributed by atoms with E-state index in [0.717, 1.165) is 10.9 Å². The first-order valence-corrected chi connectivity index (χ1v) is 13.0. The second kappa shape index (κ2) is 10.8. The summed E-state index contributed by atoms with van der Waals surface area (Å²) in [6.07, 6.45) is 2.37. The maximum Gasteiger partial charge on any atom is 0.282 e. The number of hydrogen-bond acceptors (Lipinski definition) is 5. The van der Waals surface area contributed by atoms with Crippen LogP contribution in [0.3, 0.4) is 0 Å². The molecule has 0 aliphatic heterocycles. The van der Waals surface area contributed by atoms with E-state index < -0.39 is 5.41 Å². The Balaban J connectivity index is 2.19. The van der Waals surface area contributed by atoms with Gasteiger partial charge in [-0.25, -0.2) is 4.98 Å². The second-order valence-electron chi connectivity index (χ2n) is 8.90. The van der Waals surface area contributed by atoms with Crippen LogP contribution in [0.4, 0.5) is 0 Å². The van der Waals surface area contributed by atoms with Crippen molar-refractivity contribution in [3.63, 3.8) is 0 Å². The summed E-state index contributed by atoms with van der Waals surface area (Å²) in [5, 5.41) is 5.41. The van der Waals surface area contributed by atoms with E-state index in [1.165, 1.54) is 4.68 Å². The van der Waals surface area contributed by atoms with E-state index in [1.54, 1.807) is 18.3 Å². The van der Waals surface area contributed by atoms with Crippen molar-refractivity contribution in [2.45, 2.75) is 59.5 Å². The summed E-state index contributed by atoms with van der Waals surface area (Å²) in [4.78, 5) is 18.2. The molecule has 0 unspecified atom stereocenters. The third-order valence-electron chi connectivity index (χ3n) is 5.14. The van der Waals surface area contributed by atoms with E-state index in [1.807, 2.05) is 53.7 Å². The molecule has 2 aromatic carbocycles. The number of rotatable bonds is 7. The van der Waals surface area contributed by atoms with Crippen LogP contribution in [-0.4, -0.2) is 28.6 Å². The Morgan fingerprint density at radius 3 is 2.56 bits per heavy atom. The predicted molar refractivity (Wildman–Crippen MR) is 146 cm³/mol. The number of ether oxygens (including phenoxy) is 2. The molecular formula is C25H28Br2ClN3O3. The van der Waals surface area contributed by atoms with E-state index in [4.69, 9.17) is 26.1 Å². The van der Waals surface area contributed by atoms with Gasteiger partial charge in [0.05, 0.1) is 29.8 Å². The molecule has 0 bridgehead atoms. The van der Waals surface area contributed by atoms with Gasteiger partial charge >= 0.3 is 0 Å². The summed E-state index contributed by atoms with van der Waals surface area (Å²) < 4.78 is 14.6. The molecule has 3 rings (SSSR count). The highest BCUT2D eigenvalue weighted by atomic mass is 79.9. The molecule has 0 saturated heterocycles. The van der Waals surface area contributed by atoms with E-state index in [2.05, 4.69) is 37.0 Å². The van der Waals surface area contributed by atoms with Crippen LogP contribution in [0.25, 0.3) is 10.9 Å². The van der Waals surface area contributed by atoms with Gasteiger partial charge in [-0.15, -0.1) is 0 Å². The minimum absolute atomic E-state index is 0.0287. The normalized spacial score (nSPS) is 13.0. The molecule has 34 heavy (non-hydrogen) atoms. The Bertz CT molecular complexity index is 1300. The molecule has 0 amide bonds. The molecule has 0 N–H and O–H groups in total. The monoisotopic (exact) mass is 611 g/mol. The lowest BCUT2D eigenvalue weighted by Crippen LogP contribution is -2.29. The van der Waals surface area contributed by atoms with Crippen LogP contribution in [-0.2, 0) is 5.41 Å². The lowest BCUT2D eigenvalue weighted by Gasteiger charge is -2.21. The Kier molecular flexibility index (Phi) is 8.47. The maximum absolute atomic E-state index is 13.4. The fraction of sp³-hybridized carbons (Fsp3) is 0.400. The van der Waals surface area contributed by atoms with Crippen LogP contribution in [0.5, 0.6) is 11.5 Å². The van der Waals surface area contributed by atoms with Crippen molar-refractivity contribution in [3.8, 4) is 11.5 Å². The first-order valence-electron chi connectivity index (χ1n) is 11.1. The van der Waals surface area contributed by atoms with E-state index in [0.29, 0.717) is 49.9 Å². The van der Waals surface area contributed by atoms with Crippen LogP contribution in [0.15, 0.2) is 43.1 Å². The van der Waals surface area contributed by atoms with Crippen molar-refractivity contribution in [1.29, 1.82) is 0 Å². The zero-order valence-electron chi connectivity index (χ0n) is 20.1. The third-order valence-corrected chi connectivity index (χ3v) is 7.08. The first-order chi connectivity index (χ1) is 16.0. The average Bonchev–Trinajstić information content (AvgIpc) is 2.78. The molecule has 0 radical (unpaired) electrons. The Hall–Kier alpha value is -1.90. The van der Waals surface area contributed by atoms with Crippen molar-refractivity contribution < 1.29 is 9.47 Å².